The number of rotatable bonds is 10. The molecule has 2 N–H and O–H groups in total. The minimum absolute atomic E-state index is 0.257. The zero-order valence-corrected chi connectivity index (χ0v) is 12.4. The van der Waals surface area contributed by atoms with E-state index >= 15 is 0 Å². The molecule has 0 aliphatic heterocycles. The fourth-order valence-corrected chi connectivity index (χ4v) is 1.99. The maximum atomic E-state index is 9.03. The number of hydrogen-bond donors (Lipinski definition) is 2. The predicted octanol–water partition coefficient (Wildman–Crippen LogP) is 1.96. The molecular formula is C14H32N2O. The van der Waals surface area contributed by atoms with Gasteiger partial charge in [0.25, 0.3) is 0 Å². The minimum atomic E-state index is 0.257. The zero-order valence-electron chi connectivity index (χ0n) is 12.4. The summed E-state index contributed by atoms with van der Waals surface area (Å²) in [7, 11) is 0. The van der Waals surface area contributed by atoms with Crippen molar-refractivity contribution in [1.82, 2.24) is 10.2 Å². The Kier molecular flexibility index (Phi) is 8.83. The molecule has 3 heteroatoms. The van der Waals surface area contributed by atoms with E-state index in [4.69, 9.17) is 5.11 Å². The minimum Gasteiger partial charge on any atom is -0.395 e. The van der Waals surface area contributed by atoms with Gasteiger partial charge in [0.15, 0.2) is 0 Å². The first-order chi connectivity index (χ1) is 7.97. The van der Waals surface area contributed by atoms with Gasteiger partial charge in [-0.25, -0.2) is 0 Å². The van der Waals surface area contributed by atoms with Crippen LogP contribution in [-0.4, -0.2) is 49.3 Å². The molecule has 0 saturated carbocycles. The Morgan fingerprint density at radius 3 is 2.35 bits per heavy atom. The topological polar surface area (TPSA) is 35.5 Å². The summed E-state index contributed by atoms with van der Waals surface area (Å²) in [6.45, 7) is 16.5. The van der Waals surface area contributed by atoms with Gasteiger partial charge >= 0.3 is 0 Å². The summed E-state index contributed by atoms with van der Waals surface area (Å²) in [5.41, 5.74) is 0.306. The quantitative estimate of drug-likeness (QED) is 0.617. The summed E-state index contributed by atoms with van der Waals surface area (Å²) in [6, 6.07) is 0. The molecule has 0 heterocycles. The molecular weight excluding hydrogens is 212 g/mol. The van der Waals surface area contributed by atoms with Crippen LogP contribution in [0.1, 0.15) is 41.0 Å². The second-order valence-corrected chi connectivity index (χ2v) is 5.78. The molecule has 0 aromatic carbocycles. The van der Waals surface area contributed by atoms with E-state index in [1.807, 2.05) is 0 Å². The summed E-state index contributed by atoms with van der Waals surface area (Å²) in [6.07, 6.45) is 1.17. The van der Waals surface area contributed by atoms with E-state index in [9.17, 15) is 0 Å². The van der Waals surface area contributed by atoms with E-state index in [2.05, 4.69) is 44.8 Å². The van der Waals surface area contributed by atoms with E-state index in [1.54, 1.807) is 0 Å². The number of hydrogen-bond acceptors (Lipinski definition) is 3. The van der Waals surface area contributed by atoms with Gasteiger partial charge in [0.1, 0.15) is 0 Å². The second-order valence-electron chi connectivity index (χ2n) is 5.78. The first-order valence-corrected chi connectivity index (χ1v) is 7.01. The van der Waals surface area contributed by atoms with Crippen molar-refractivity contribution in [2.24, 2.45) is 11.3 Å². The van der Waals surface area contributed by atoms with E-state index < -0.39 is 0 Å². The van der Waals surface area contributed by atoms with Gasteiger partial charge in [-0.15, -0.1) is 0 Å². The molecule has 1 unspecified atom stereocenters. The number of aliphatic hydroxyl groups is 1. The maximum absolute atomic E-state index is 9.03. The van der Waals surface area contributed by atoms with Crippen LogP contribution in [0.25, 0.3) is 0 Å². The average molecular weight is 244 g/mol. The highest BCUT2D eigenvalue weighted by molar-refractivity contribution is 4.79. The van der Waals surface area contributed by atoms with Crippen LogP contribution in [0.15, 0.2) is 0 Å². The zero-order chi connectivity index (χ0) is 13.3. The van der Waals surface area contributed by atoms with Crippen molar-refractivity contribution >= 4 is 0 Å². The molecule has 3 nitrogen and oxygen atoms in total. The molecule has 0 aliphatic rings. The molecule has 1 atom stereocenters. The Morgan fingerprint density at radius 2 is 1.94 bits per heavy atom. The van der Waals surface area contributed by atoms with Crippen molar-refractivity contribution in [2.75, 3.05) is 39.3 Å². The van der Waals surface area contributed by atoms with Crippen molar-refractivity contribution in [1.29, 1.82) is 0 Å². The van der Waals surface area contributed by atoms with Gasteiger partial charge in [-0.1, -0.05) is 34.6 Å². The smallest absolute Gasteiger partial charge is 0.0558 e. The number of nitrogens with zero attached hydrogens (tertiary/aromatic N) is 1. The Balaban J connectivity index is 4.14. The number of nitrogens with one attached hydrogen (secondary N) is 1. The van der Waals surface area contributed by atoms with Crippen LogP contribution in [-0.2, 0) is 0 Å². The molecule has 0 rings (SSSR count). The maximum Gasteiger partial charge on any atom is 0.0558 e. The molecule has 0 spiro atoms. The van der Waals surface area contributed by atoms with Crippen molar-refractivity contribution in [2.45, 2.75) is 41.0 Å². The molecule has 0 aromatic heterocycles. The first-order valence-electron chi connectivity index (χ1n) is 7.01. The molecule has 0 aliphatic carbocycles. The normalized spacial score (nSPS) is 15.5. The lowest BCUT2D eigenvalue weighted by Gasteiger charge is -2.34. The predicted molar refractivity (Wildman–Crippen MR) is 75.3 cm³/mol. The fraction of sp³-hybridized carbons (Fsp3) is 1.00. The van der Waals surface area contributed by atoms with Crippen LogP contribution < -0.4 is 5.32 Å². The molecule has 17 heavy (non-hydrogen) atoms. The largest absolute Gasteiger partial charge is 0.395 e. The van der Waals surface area contributed by atoms with Crippen LogP contribution in [0.4, 0.5) is 0 Å². The van der Waals surface area contributed by atoms with Gasteiger partial charge in [-0.3, -0.25) is 0 Å². The molecule has 0 saturated heterocycles. The number of likely N-dealkylation sites (N-methyl/N-ethyl adjacent to an activating group) is 1. The third-order valence-corrected chi connectivity index (χ3v) is 3.43. The van der Waals surface area contributed by atoms with Crippen molar-refractivity contribution in [3.05, 3.63) is 0 Å². The first kappa shape index (κ1) is 16.9. The van der Waals surface area contributed by atoms with Crippen LogP contribution in [0.5, 0.6) is 0 Å². The molecule has 0 fully saturated rings. The Labute approximate surface area is 108 Å². The van der Waals surface area contributed by atoms with Gasteiger partial charge < -0.3 is 15.3 Å². The van der Waals surface area contributed by atoms with Gasteiger partial charge in [0.05, 0.1) is 6.61 Å². The highest BCUT2D eigenvalue weighted by Crippen LogP contribution is 2.21. The van der Waals surface area contributed by atoms with Gasteiger partial charge in [0, 0.05) is 19.6 Å². The summed E-state index contributed by atoms with van der Waals surface area (Å²) in [5, 5.41) is 12.6. The molecule has 0 bridgehead atoms. The molecule has 0 radical (unpaired) electrons. The average Bonchev–Trinajstić information content (AvgIpc) is 2.28. The third kappa shape index (κ3) is 7.74. The Morgan fingerprint density at radius 1 is 1.29 bits per heavy atom. The van der Waals surface area contributed by atoms with Crippen molar-refractivity contribution < 1.29 is 5.11 Å². The highest BCUT2D eigenvalue weighted by Gasteiger charge is 2.24. The van der Waals surface area contributed by atoms with Crippen LogP contribution in [0.2, 0.25) is 0 Å². The molecule has 0 aromatic rings. The summed E-state index contributed by atoms with van der Waals surface area (Å²) in [5.74, 6) is 0.704. The summed E-state index contributed by atoms with van der Waals surface area (Å²) < 4.78 is 0. The van der Waals surface area contributed by atoms with Crippen LogP contribution in [0.3, 0.4) is 0 Å². The Hall–Kier alpha value is -0.120. The summed E-state index contributed by atoms with van der Waals surface area (Å²) >= 11 is 0. The molecule has 0 amide bonds. The van der Waals surface area contributed by atoms with E-state index in [1.165, 1.54) is 6.42 Å². The standard InChI is InChI=1S/C14H32N2O/c1-6-14(5,11-15-10-13(3)4)12-16(7-2)8-9-17/h13,15,17H,6-12H2,1-5H3. The molecule has 104 valence electrons. The SMILES string of the molecule is CCN(CCO)CC(C)(CC)CNCC(C)C. The van der Waals surface area contributed by atoms with Crippen LogP contribution in [0, 0.1) is 11.3 Å². The van der Waals surface area contributed by atoms with E-state index in [0.717, 1.165) is 32.7 Å². The van der Waals surface area contributed by atoms with Crippen molar-refractivity contribution in [3.63, 3.8) is 0 Å². The van der Waals surface area contributed by atoms with Crippen molar-refractivity contribution in [3.8, 4) is 0 Å². The van der Waals surface area contributed by atoms with E-state index in [-0.39, 0.29) is 6.61 Å². The van der Waals surface area contributed by atoms with E-state index in [0.29, 0.717) is 11.3 Å². The highest BCUT2D eigenvalue weighted by atomic mass is 16.3. The number of aliphatic hydroxyl groups excluding tert-OH is 1. The van der Waals surface area contributed by atoms with Gasteiger partial charge in [0.2, 0.25) is 0 Å². The van der Waals surface area contributed by atoms with Crippen LogP contribution >= 0.6 is 0 Å². The lowest BCUT2D eigenvalue weighted by atomic mass is 9.86. The van der Waals surface area contributed by atoms with Gasteiger partial charge in [-0.2, -0.15) is 0 Å². The Bertz CT molecular complexity index is 185. The summed E-state index contributed by atoms with van der Waals surface area (Å²) in [4.78, 5) is 2.33. The second kappa shape index (κ2) is 8.90. The third-order valence-electron chi connectivity index (χ3n) is 3.43. The van der Waals surface area contributed by atoms with Gasteiger partial charge in [-0.05, 0) is 30.8 Å². The lowest BCUT2D eigenvalue weighted by Crippen LogP contribution is -2.43. The fourth-order valence-electron chi connectivity index (χ4n) is 1.99. The lowest BCUT2D eigenvalue weighted by molar-refractivity contribution is 0.133. The monoisotopic (exact) mass is 244 g/mol.